The Kier molecular flexibility index (Phi) is 5.42. The normalized spacial score (nSPS) is 20.5. The molecule has 1 fully saturated rings. The molecule has 2 aromatic rings. The van der Waals surface area contributed by atoms with Crippen molar-refractivity contribution in [3.63, 3.8) is 0 Å². The number of aryl methyl sites for hydroxylation is 1. The third-order valence-electron chi connectivity index (χ3n) is 4.83. The number of hydrogen-bond donors (Lipinski definition) is 2. The van der Waals surface area contributed by atoms with Crippen molar-refractivity contribution in [1.29, 1.82) is 0 Å². The van der Waals surface area contributed by atoms with E-state index in [1.165, 1.54) is 0 Å². The van der Waals surface area contributed by atoms with Crippen LogP contribution in [0.4, 0.5) is 5.69 Å². The molecule has 0 bridgehead atoms. The standard InChI is InChI=1S/C20H22N2O3S/c1-14-13-19(26(24,25)22-17-7-9-18(23)10-8-17)11-12-20(14)15-3-5-16(21-2)6-4-15/h3-6,11-13,17-18,22-23H,7-10H2,1H3. The summed E-state index contributed by atoms with van der Waals surface area (Å²) in [4.78, 5) is 3.63. The Morgan fingerprint density at radius 3 is 2.31 bits per heavy atom. The number of aliphatic hydroxyl groups excluding tert-OH is 1. The van der Waals surface area contributed by atoms with Crippen molar-refractivity contribution in [1.82, 2.24) is 4.72 Å². The second-order valence-electron chi connectivity index (χ2n) is 6.76. The molecule has 3 rings (SSSR count). The fraction of sp³-hybridized carbons (Fsp3) is 0.350. The van der Waals surface area contributed by atoms with Gasteiger partial charge in [-0.1, -0.05) is 30.3 Å². The van der Waals surface area contributed by atoms with Crippen LogP contribution in [0.15, 0.2) is 47.4 Å². The van der Waals surface area contributed by atoms with Crippen LogP contribution >= 0.6 is 0 Å². The molecule has 136 valence electrons. The molecule has 0 aliphatic heterocycles. The molecule has 0 heterocycles. The monoisotopic (exact) mass is 370 g/mol. The van der Waals surface area contributed by atoms with Crippen LogP contribution in [0.25, 0.3) is 16.0 Å². The summed E-state index contributed by atoms with van der Waals surface area (Å²) < 4.78 is 28.1. The van der Waals surface area contributed by atoms with E-state index < -0.39 is 10.0 Å². The van der Waals surface area contributed by atoms with Crippen LogP contribution in [0.2, 0.25) is 0 Å². The summed E-state index contributed by atoms with van der Waals surface area (Å²) in [7, 11) is -3.58. The molecule has 0 saturated heterocycles. The first-order chi connectivity index (χ1) is 12.4. The van der Waals surface area contributed by atoms with Gasteiger partial charge in [-0.3, -0.25) is 0 Å². The molecule has 6 heteroatoms. The summed E-state index contributed by atoms with van der Waals surface area (Å²) in [6.45, 7) is 8.90. The lowest BCUT2D eigenvalue weighted by Gasteiger charge is -2.26. The first-order valence-corrected chi connectivity index (χ1v) is 10.2. The van der Waals surface area contributed by atoms with E-state index in [4.69, 9.17) is 6.57 Å². The maximum Gasteiger partial charge on any atom is 0.240 e. The molecule has 0 amide bonds. The Labute approximate surface area is 154 Å². The van der Waals surface area contributed by atoms with Crippen molar-refractivity contribution in [2.75, 3.05) is 0 Å². The SMILES string of the molecule is [C-]#[N+]c1ccc(-c2ccc(S(=O)(=O)NC3CCC(O)CC3)cc2C)cc1. The molecule has 1 aliphatic carbocycles. The summed E-state index contributed by atoms with van der Waals surface area (Å²) in [6, 6.07) is 12.2. The molecule has 0 atom stereocenters. The summed E-state index contributed by atoms with van der Waals surface area (Å²) in [5, 5.41) is 9.56. The van der Waals surface area contributed by atoms with E-state index in [0.717, 1.165) is 16.7 Å². The van der Waals surface area contributed by atoms with Gasteiger partial charge in [-0.25, -0.2) is 18.0 Å². The molecule has 2 aromatic carbocycles. The van der Waals surface area contributed by atoms with Crippen molar-refractivity contribution >= 4 is 15.7 Å². The van der Waals surface area contributed by atoms with E-state index in [0.29, 0.717) is 31.4 Å². The minimum atomic E-state index is -3.58. The van der Waals surface area contributed by atoms with Gasteiger partial charge in [0.15, 0.2) is 5.69 Å². The van der Waals surface area contributed by atoms with Gasteiger partial charge in [0.05, 0.1) is 17.6 Å². The highest BCUT2D eigenvalue weighted by atomic mass is 32.2. The van der Waals surface area contributed by atoms with Crippen molar-refractivity contribution in [2.24, 2.45) is 0 Å². The highest BCUT2D eigenvalue weighted by Gasteiger charge is 2.25. The van der Waals surface area contributed by atoms with Crippen molar-refractivity contribution in [2.45, 2.75) is 49.6 Å². The van der Waals surface area contributed by atoms with Gasteiger partial charge < -0.3 is 5.11 Å². The molecular weight excluding hydrogens is 348 g/mol. The van der Waals surface area contributed by atoms with Gasteiger partial charge in [0.2, 0.25) is 10.0 Å². The zero-order chi connectivity index (χ0) is 18.7. The van der Waals surface area contributed by atoms with Crippen LogP contribution in [0.1, 0.15) is 31.2 Å². The Hall–Kier alpha value is -2.20. The van der Waals surface area contributed by atoms with Crippen LogP contribution in [-0.4, -0.2) is 25.7 Å². The fourth-order valence-corrected chi connectivity index (χ4v) is 4.71. The number of hydrogen-bond acceptors (Lipinski definition) is 3. The van der Waals surface area contributed by atoms with Gasteiger partial charge in [0.1, 0.15) is 0 Å². The molecule has 0 spiro atoms. The lowest BCUT2D eigenvalue weighted by atomic mass is 9.94. The molecular formula is C20H22N2O3S. The third-order valence-corrected chi connectivity index (χ3v) is 6.35. The molecule has 0 aromatic heterocycles. The van der Waals surface area contributed by atoms with E-state index in [9.17, 15) is 13.5 Å². The average molecular weight is 370 g/mol. The molecule has 1 saturated carbocycles. The largest absolute Gasteiger partial charge is 0.393 e. The fourth-order valence-electron chi connectivity index (χ4n) is 3.32. The average Bonchev–Trinajstić information content (AvgIpc) is 2.63. The van der Waals surface area contributed by atoms with Crippen molar-refractivity contribution in [3.8, 4) is 11.1 Å². The van der Waals surface area contributed by atoms with Gasteiger partial charge in [0.25, 0.3) is 0 Å². The summed E-state index contributed by atoms with van der Waals surface area (Å²) in [6.07, 6.45) is 2.26. The van der Waals surface area contributed by atoms with E-state index in [1.54, 1.807) is 30.3 Å². The van der Waals surface area contributed by atoms with E-state index in [2.05, 4.69) is 9.57 Å². The van der Waals surface area contributed by atoms with Crippen molar-refractivity contribution < 1.29 is 13.5 Å². The van der Waals surface area contributed by atoms with Gasteiger partial charge in [-0.05, 0) is 61.4 Å². The lowest BCUT2D eigenvalue weighted by Crippen LogP contribution is -2.38. The Bertz CT molecular complexity index is 923. The van der Waals surface area contributed by atoms with Crippen LogP contribution in [0, 0.1) is 13.5 Å². The lowest BCUT2D eigenvalue weighted by molar-refractivity contribution is 0.120. The maximum absolute atomic E-state index is 12.7. The zero-order valence-electron chi connectivity index (χ0n) is 14.6. The molecule has 26 heavy (non-hydrogen) atoms. The van der Waals surface area contributed by atoms with E-state index >= 15 is 0 Å². The Balaban J connectivity index is 1.80. The van der Waals surface area contributed by atoms with E-state index in [-0.39, 0.29) is 17.0 Å². The summed E-state index contributed by atoms with van der Waals surface area (Å²) in [5.74, 6) is 0. The third kappa shape index (κ3) is 4.13. The second kappa shape index (κ2) is 7.58. The van der Waals surface area contributed by atoms with E-state index in [1.807, 2.05) is 19.1 Å². The highest BCUT2D eigenvalue weighted by Crippen LogP contribution is 2.28. The molecule has 5 nitrogen and oxygen atoms in total. The summed E-state index contributed by atoms with van der Waals surface area (Å²) >= 11 is 0. The maximum atomic E-state index is 12.7. The molecule has 0 unspecified atom stereocenters. The number of aliphatic hydroxyl groups is 1. The topological polar surface area (TPSA) is 70.8 Å². The number of rotatable bonds is 4. The van der Waals surface area contributed by atoms with Gasteiger partial charge in [-0.15, -0.1) is 0 Å². The minimum Gasteiger partial charge on any atom is -0.393 e. The van der Waals surface area contributed by atoms with Crippen molar-refractivity contribution in [3.05, 3.63) is 59.4 Å². The summed E-state index contributed by atoms with van der Waals surface area (Å²) in [5.41, 5.74) is 3.34. The van der Waals surface area contributed by atoms with Gasteiger partial charge >= 0.3 is 0 Å². The van der Waals surface area contributed by atoms with Crippen LogP contribution < -0.4 is 4.72 Å². The van der Waals surface area contributed by atoms with Crippen LogP contribution in [-0.2, 0) is 10.0 Å². The van der Waals surface area contributed by atoms with Crippen LogP contribution in [0.3, 0.4) is 0 Å². The van der Waals surface area contributed by atoms with Gasteiger partial charge in [-0.2, -0.15) is 0 Å². The Morgan fingerprint density at radius 1 is 1.08 bits per heavy atom. The quantitative estimate of drug-likeness (QED) is 0.805. The number of nitrogens with zero attached hydrogens (tertiary/aromatic N) is 1. The predicted octanol–water partition coefficient (Wildman–Crippen LogP) is 3.79. The van der Waals surface area contributed by atoms with Crippen LogP contribution in [0.5, 0.6) is 0 Å². The first-order valence-electron chi connectivity index (χ1n) is 8.68. The molecule has 0 radical (unpaired) electrons. The smallest absolute Gasteiger partial charge is 0.240 e. The number of nitrogens with one attached hydrogen (secondary N) is 1. The molecule has 2 N–H and O–H groups in total. The number of benzene rings is 2. The first kappa shape index (κ1) is 18.6. The second-order valence-corrected chi connectivity index (χ2v) is 8.48. The molecule has 1 aliphatic rings. The van der Waals surface area contributed by atoms with Gasteiger partial charge in [0, 0.05) is 6.04 Å². The zero-order valence-corrected chi connectivity index (χ0v) is 15.5. The predicted molar refractivity (Wildman–Crippen MR) is 101 cm³/mol. The highest BCUT2D eigenvalue weighted by molar-refractivity contribution is 7.89. The minimum absolute atomic E-state index is 0.121. The number of sulfonamides is 1. The Morgan fingerprint density at radius 2 is 1.73 bits per heavy atom.